The Hall–Kier alpha value is -4.00. The molecule has 0 radical (unpaired) electrons. The molecule has 0 spiro atoms. The van der Waals surface area contributed by atoms with Crippen LogP contribution in [0.5, 0.6) is 0 Å². The number of unbranched alkanes of at least 4 members (excludes halogenated alkanes) is 1. The quantitative estimate of drug-likeness (QED) is 0.229. The number of ether oxygens (including phenoxy) is 1. The molecule has 42 heavy (non-hydrogen) atoms. The van der Waals surface area contributed by atoms with Crippen LogP contribution >= 0.6 is 0 Å². The van der Waals surface area contributed by atoms with E-state index < -0.39 is 11.4 Å². The maximum Gasteiger partial charge on any atom is 0.338 e. The summed E-state index contributed by atoms with van der Waals surface area (Å²) in [7, 11) is 1.30. The van der Waals surface area contributed by atoms with Crippen molar-refractivity contribution in [2.24, 2.45) is 11.3 Å². The second-order valence-electron chi connectivity index (χ2n) is 12.9. The Kier molecular flexibility index (Phi) is 8.48. The molecular weight excluding hydrogens is 526 g/mol. The topological polar surface area (TPSA) is 97.4 Å². The van der Waals surface area contributed by atoms with Crippen molar-refractivity contribution in [3.8, 4) is 11.1 Å². The van der Waals surface area contributed by atoms with Crippen LogP contribution in [0.15, 0.2) is 67.0 Å². The van der Waals surface area contributed by atoms with Crippen LogP contribution < -0.4 is 10.6 Å². The van der Waals surface area contributed by atoms with E-state index in [2.05, 4.69) is 72.8 Å². The molecule has 0 atom stereocenters. The third-order valence-electron chi connectivity index (χ3n) is 8.69. The highest BCUT2D eigenvalue weighted by Crippen LogP contribution is 2.51. The van der Waals surface area contributed by atoms with Gasteiger partial charge in [-0.25, -0.2) is 4.79 Å². The van der Waals surface area contributed by atoms with E-state index in [0.29, 0.717) is 12.5 Å². The molecule has 1 fully saturated rings. The van der Waals surface area contributed by atoms with Crippen molar-refractivity contribution in [2.75, 3.05) is 13.7 Å². The van der Waals surface area contributed by atoms with Gasteiger partial charge < -0.3 is 15.4 Å². The Balaban J connectivity index is 1.21. The van der Waals surface area contributed by atoms with Crippen LogP contribution in [0.25, 0.3) is 11.1 Å². The second kappa shape index (κ2) is 12.1. The zero-order valence-corrected chi connectivity index (χ0v) is 25.0. The average molecular weight is 568 g/mol. The molecule has 5 rings (SSSR count). The Labute approximate surface area is 248 Å². The number of amides is 2. The number of nitrogens with one attached hydrogen (secondary N) is 2. The Morgan fingerprint density at radius 1 is 0.929 bits per heavy atom. The van der Waals surface area contributed by atoms with Gasteiger partial charge in [-0.3, -0.25) is 14.6 Å². The van der Waals surface area contributed by atoms with Gasteiger partial charge in [-0.05, 0) is 58.9 Å². The summed E-state index contributed by atoms with van der Waals surface area (Å²) in [5.74, 6) is -0.235. The van der Waals surface area contributed by atoms with E-state index in [-0.39, 0.29) is 34.4 Å². The minimum Gasteiger partial charge on any atom is -0.465 e. The van der Waals surface area contributed by atoms with Gasteiger partial charge in [-0.1, -0.05) is 88.6 Å². The van der Waals surface area contributed by atoms with Gasteiger partial charge >= 0.3 is 5.97 Å². The number of hydrogen-bond donors (Lipinski definition) is 2. The standard InChI is InChI=1S/C35H41N3O4/c1-34(2,3)22-37-33(41)35(29-14-7-5-12-25(29)26-13-6-8-15-30(26)35)17-10-9-11-23-19-24(20-23)38-31(39)28-21-36-18-16-27(28)32(40)42-4/h5-8,12-16,18,21,23-24H,9-11,17,19-20,22H2,1-4H3,(H,37,41)(H,38,39). The normalized spacial score (nSPS) is 18.3. The first-order valence-corrected chi connectivity index (χ1v) is 14.9. The van der Waals surface area contributed by atoms with E-state index in [9.17, 15) is 14.4 Å². The van der Waals surface area contributed by atoms with E-state index in [4.69, 9.17) is 4.74 Å². The van der Waals surface area contributed by atoms with Gasteiger partial charge in [0.2, 0.25) is 5.91 Å². The number of rotatable bonds is 10. The molecule has 7 heteroatoms. The highest BCUT2D eigenvalue weighted by molar-refractivity contribution is 6.05. The molecule has 2 aliphatic carbocycles. The predicted octanol–water partition coefficient (Wildman–Crippen LogP) is 6.07. The van der Waals surface area contributed by atoms with Crippen LogP contribution in [0.4, 0.5) is 0 Å². The molecule has 1 aromatic heterocycles. The fraction of sp³-hybridized carbons (Fsp3) is 0.429. The van der Waals surface area contributed by atoms with Gasteiger partial charge in [0.1, 0.15) is 5.41 Å². The average Bonchev–Trinajstić information content (AvgIpc) is 3.26. The maximum absolute atomic E-state index is 14.1. The minimum absolute atomic E-state index is 0.0113. The summed E-state index contributed by atoms with van der Waals surface area (Å²) >= 11 is 0. The predicted molar refractivity (Wildman–Crippen MR) is 163 cm³/mol. The largest absolute Gasteiger partial charge is 0.465 e. The lowest BCUT2D eigenvalue weighted by atomic mass is 9.72. The fourth-order valence-electron chi connectivity index (χ4n) is 6.49. The van der Waals surface area contributed by atoms with Crippen molar-refractivity contribution >= 4 is 17.8 Å². The number of methoxy groups -OCH3 is 1. The van der Waals surface area contributed by atoms with E-state index in [1.807, 2.05) is 12.1 Å². The number of pyridine rings is 1. The molecule has 1 saturated carbocycles. The van der Waals surface area contributed by atoms with Gasteiger partial charge in [0, 0.05) is 25.0 Å². The summed E-state index contributed by atoms with van der Waals surface area (Å²) in [5.41, 5.74) is 4.26. The van der Waals surface area contributed by atoms with Gasteiger partial charge in [-0.15, -0.1) is 0 Å². The van der Waals surface area contributed by atoms with Crippen LogP contribution in [-0.2, 0) is 14.9 Å². The summed E-state index contributed by atoms with van der Waals surface area (Å²) in [6.45, 7) is 7.03. The van der Waals surface area contributed by atoms with E-state index in [1.165, 1.54) is 25.6 Å². The van der Waals surface area contributed by atoms with Gasteiger partial charge in [0.25, 0.3) is 5.91 Å². The summed E-state index contributed by atoms with van der Waals surface area (Å²) < 4.78 is 4.80. The van der Waals surface area contributed by atoms with Crippen LogP contribution in [0.3, 0.4) is 0 Å². The number of carbonyl (C=O) groups is 3. The molecule has 7 nitrogen and oxygen atoms in total. The SMILES string of the molecule is COC(=O)c1ccncc1C(=O)NC1CC(CCCCC2(C(=O)NCC(C)(C)C)c3ccccc3-c3ccccc32)C1. The number of nitrogens with zero attached hydrogens (tertiary/aromatic N) is 1. The number of aromatic nitrogens is 1. The van der Waals surface area contributed by atoms with Gasteiger partial charge in [0.05, 0.1) is 18.2 Å². The molecule has 0 saturated heterocycles. The summed E-state index contributed by atoms with van der Waals surface area (Å²) in [6, 6.07) is 18.3. The first kappa shape index (κ1) is 29.5. The van der Waals surface area contributed by atoms with Crippen molar-refractivity contribution in [1.29, 1.82) is 0 Å². The van der Waals surface area contributed by atoms with Crippen molar-refractivity contribution in [3.63, 3.8) is 0 Å². The Morgan fingerprint density at radius 2 is 1.57 bits per heavy atom. The summed E-state index contributed by atoms with van der Waals surface area (Å²) in [6.07, 6.45) is 8.44. The lowest BCUT2D eigenvalue weighted by Gasteiger charge is -2.36. The first-order valence-electron chi connectivity index (χ1n) is 14.9. The number of benzene rings is 2. The molecule has 2 aromatic carbocycles. The van der Waals surface area contributed by atoms with Crippen molar-refractivity contribution in [3.05, 3.63) is 89.2 Å². The third-order valence-corrected chi connectivity index (χ3v) is 8.69. The molecule has 0 aliphatic heterocycles. The highest BCUT2D eigenvalue weighted by Gasteiger charge is 2.48. The first-order chi connectivity index (χ1) is 20.1. The molecule has 1 heterocycles. The monoisotopic (exact) mass is 567 g/mol. The van der Waals surface area contributed by atoms with Crippen molar-refractivity contribution < 1.29 is 19.1 Å². The van der Waals surface area contributed by atoms with E-state index in [0.717, 1.165) is 60.8 Å². The fourth-order valence-corrected chi connectivity index (χ4v) is 6.49. The molecular formula is C35H41N3O4. The number of fused-ring (bicyclic) bond motifs is 3. The van der Waals surface area contributed by atoms with Gasteiger partial charge in [0.15, 0.2) is 0 Å². The Morgan fingerprint density at radius 3 is 2.19 bits per heavy atom. The van der Waals surface area contributed by atoms with E-state index in [1.54, 1.807) is 0 Å². The Bertz CT molecular complexity index is 1420. The summed E-state index contributed by atoms with van der Waals surface area (Å²) in [5, 5.41) is 6.35. The zero-order chi connectivity index (χ0) is 29.9. The van der Waals surface area contributed by atoms with Crippen LogP contribution in [0.1, 0.15) is 91.1 Å². The minimum atomic E-state index is -0.699. The van der Waals surface area contributed by atoms with Crippen molar-refractivity contribution in [1.82, 2.24) is 15.6 Å². The molecule has 2 aliphatic rings. The van der Waals surface area contributed by atoms with Crippen LogP contribution in [0.2, 0.25) is 0 Å². The summed E-state index contributed by atoms with van der Waals surface area (Å²) in [4.78, 5) is 43.0. The zero-order valence-electron chi connectivity index (χ0n) is 25.0. The highest BCUT2D eigenvalue weighted by atomic mass is 16.5. The molecule has 2 amide bonds. The number of esters is 1. The number of carbonyl (C=O) groups excluding carboxylic acids is 3. The smallest absolute Gasteiger partial charge is 0.338 e. The molecule has 220 valence electrons. The third kappa shape index (κ3) is 5.83. The van der Waals surface area contributed by atoms with Crippen LogP contribution in [0, 0.1) is 11.3 Å². The van der Waals surface area contributed by atoms with Gasteiger partial charge in [-0.2, -0.15) is 0 Å². The lowest BCUT2D eigenvalue weighted by Crippen LogP contribution is -2.46. The number of hydrogen-bond acceptors (Lipinski definition) is 5. The second-order valence-corrected chi connectivity index (χ2v) is 12.9. The molecule has 0 bridgehead atoms. The molecule has 0 unspecified atom stereocenters. The van der Waals surface area contributed by atoms with E-state index >= 15 is 0 Å². The molecule has 3 aromatic rings. The van der Waals surface area contributed by atoms with Crippen molar-refractivity contribution in [2.45, 2.75) is 70.8 Å². The lowest BCUT2D eigenvalue weighted by molar-refractivity contribution is -0.126. The molecule has 2 N–H and O–H groups in total. The van der Waals surface area contributed by atoms with Crippen LogP contribution in [-0.4, -0.2) is 42.5 Å². The maximum atomic E-state index is 14.1.